The number of hydrogen-bond acceptors (Lipinski definition) is 3. The first-order valence-corrected chi connectivity index (χ1v) is 7.93. The fourth-order valence-electron chi connectivity index (χ4n) is 3.55. The minimum Gasteiger partial charge on any atom is -0.479 e. The summed E-state index contributed by atoms with van der Waals surface area (Å²) in [6.07, 6.45) is 3.92. The normalized spacial score (nSPS) is 29.9. The molecule has 2 heterocycles. The molecule has 0 saturated carbocycles. The Labute approximate surface area is 127 Å². The molecule has 0 bridgehead atoms. The number of piperidine rings is 1. The average molecular weight is 339 g/mol. The number of rotatable bonds is 3. The number of carboxylic acid groups (broad SMARTS) is 1. The maximum absolute atomic E-state index is 12.0. The molecule has 1 aromatic carbocycles. The highest BCUT2D eigenvalue weighted by molar-refractivity contribution is 9.10. The summed E-state index contributed by atoms with van der Waals surface area (Å²) < 4.78 is 0.912. The van der Waals surface area contributed by atoms with Crippen LogP contribution in [-0.4, -0.2) is 40.6 Å². The Bertz CT molecular complexity index is 522. The number of fused-ring (bicyclic) bond motifs is 1. The maximum Gasteiger partial charge on any atom is 0.331 e. The van der Waals surface area contributed by atoms with Gasteiger partial charge in [0.1, 0.15) is 0 Å². The molecule has 2 aliphatic rings. The molecule has 2 atom stereocenters. The van der Waals surface area contributed by atoms with E-state index in [1.807, 2.05) is 24.3 Å². The maximum atomic E-state index is 12.0. The highest BCUT2D eigenvalue weighted by Crippen LogP contribution is 2.39. The number of nitrogens with one attached hydrogen (secondary N) is 1. The fourth-order valence-corrected chi connectivity index (χ4v) is 3.94. The van der Waals surface area contributed by atoms with Gasteiger partial charge in [-0.05, 0) is 53.9 Å². The van der Waals surface area contributed by atoms with E-state index in [9.17, 15) is 9.90 Å². The predicted molar refractivity (Wildman–Crippen MR) is 82.0 cm³/mol. The summed E-state index contributed by atoms with van der Waals surface area (Å²) in [5, 5.41) is 13.2. The van der Waals surface area contributed by atoms with Gasteiger partial charge >= 0.3 is 5.97 Å². The molecule has 2 fully saturated rings. The number of carboxylic acids is 1. The number of halogens is 1. The first-order chi connectivity index (χ1) is 9.63. The van der Waals surface area contributed by atoms with Crippen LogP contribution in [0.3, 0.4) is 0 Å². The summed E-state index contributed by atoms with van der Waals surface area (Å²) in [6, 6.07) is 7.83. The number of carbonyl (C=O) groups is 1. The van der Waals surface area contributed by atoms with Crippen molar-refractivity contribution < 1.29 is 9.90 Å². The lowest BCUT2D eigenvalue weighted by Gasteiger charge is -2.39. The van der Waals surface area contributed by atoms with Crippen LogP contribution in [0, 0.1) is 0 Å². The molecular weight excluding hydrogens is 320 g/mol. The molecule has 2 N–H and O–H groups in total. The Hall–Kier alpha value is -1.07. The first kappa shape index (κ1) is 13.9. The van der Waals surface area contributed by atoms with Gasteiger partial charge in [0.15, 0.2) is 5.54 Å². The molecule has 3 rings (SSSR count). The van der Waals surface area contributed by atoms with Gasteiger partial charge in [0.2, 0.25) is 0 Å². The molecule has 2 unspecified atom stereocenters. The zero-order chi connectivity index (χ0) is 14.2. The SMILES string of the molecule is O=C(O)C1(Nc2ccccc2Br)CCN2CCCCC21. The largest absolute Gasteiger partial charge is 0.479 e. The zero-order valence-corrected chi connectivity index (χ0v) is 12.9. The molecule has 0 radical (unpaired) electrons. The van der Waals surface area contributed by atoms with Gasteiger partial charge in [-0.1, -0.05) is 18.6 Å². The fraction of sp³-hybridized carbons (Fsp3) is 0.533. The van der Waals surface area contributed by atoms with Crippen LogP contribution >= 0.6 is 15.9 Å². The van der Waals surface area contributed by atoms with Gasteiger partial charge in [0, 0.05) is 22.7 Å². The van der Waals surface area contributed by atoms with E-state index < -0.39 is 11.5 Å². The summed E-state index contributed by atoms with van der Waals surface area (Å²) in [7, 11) is 0. The Morgan fingerprint density at radius 1 is 1.35 bits per heavy atom. The van der Waals surface area contributed by atoms with Gasteiger partial charge in [0.05, 0.1) is 0 Å². The first-order valence-electron chi connectivity index (χ1n) is 7.14. The minimum atomic E-state index is -0.857. The van der Waals surface area contributed by atoms with E-state index in [1.165, 1.54) is 6.42 Å². The van der Waals surface area contributed by atoms with Gasteiger partial charge in [-0.15, -0.1) is 0 Å². The lowest BCUT2D eigenvalue weighted by atomic mass is 9.85. The van der Waals surface area contributed by atoms with Gasteiger partial charge in [-0.3, -0.25) is 4.90 Å². The van der Waals surface area contributed by atoms with Crippen LogP contribution in [0.25, 0.3) is 0 Å². The van der Waals surface area contributed by atoms with Crippen LogP contribution < -0.4 is 5.32 Å². The second-order valence-corrected chi connectivity index (χ2v) is 6.53. The highest BCUT2D eigenvalue weighted by Gasteiger charge is 2.53. The van der Waals surface area contributed by atoms with E-state index in [1.54, 1.807) is 0 Å². The van der Waals surface area contributed by atoms with E-state index in [4.69, 9.17) is 0 Å². The molecule has 0 aliphatic carbocycles. The van der Waals surface area contributed by atoms with Gasteiger partial charge in [0.25, 0.3) is 0 Å². The third-order valence-electron chi connectivity index (χ3n) is 4.59. The number of para-hydroxylation sites is 1. The van der Waals surface area contributed by atoms with Crippen molar-refractivity contribution in [2.24, 2.45) is 0 Å². The van der Waals surface area contributed by atoms with Crippen molar-refractivity contribution in [3.8, 4) is 0 Å². The van der Waals surface area contributed by atoms with Gasteiger partial charge in [-0.2, -0.15) is 0 Å². The van der Waals surface area contributed by atoms with Crippen molar-refractivity contribution in [2.75, 3.05) is 18.4 Å². The Balaban J connectivity index is 1.93. The molecule has 0 aromatic heterocycles. The van der Waals surface area contributed by atoms with Crippen LogP contribution in [0.4, 0.5) is 5.69 Å². The molecule has 0 amide bonds. The third-order valence-corrected chi connectivity index (χ3v) is 5.28. The van der Waals surface area contributed by atoms with Crippen LogP contribution in [0.2, 0.25) is 0 Å². The highest BCUT2D eigenvalue weighted by atomic mass is 79.9. The lowest BCUT2D eigenvalue weighted by Crippen LogP contribution is -2.57. The van der Waals surface area contributed by atoms with Crippen LogP contribution in [-0.2, 0) is 4.79 Å². The lowest BCUT2D eigenvalue weighted by molar-refractivity contribution is -0.143. The van der Waals surface area contributed by atoms with Crippen LogP contribution in [0.5, 0.6) is 0 Å². The molecule has 108 valence electrons. The second kappa shape index (κ2) is 5.37. The average Bonchev–Trinajstić information content (AvgIpc) is 2.82. The summed E-state index contributed by atoms with van der Waals surface area (Å²) in [4.78, 5) is 14.3. The van der Waals surface area contributed by atoms with Crippen molar-refractivity contribution in [1.82, 2.24) is 4.90 Å². The van der Waals surface area contributed by atoms with E-state index in [2.05, 4.69) is 26.1 Å². The van der Waals surface area contributed by atoms with Gasteiger partial charge in [-0.25, -0.2) is 4.79 Å². The number of aliphatic carboxylic acids is 1. The number of nitrogens with zero attached hydrogens (tertiary/aromatic N) is 1. The van der Waals surface area contributed by atoms with Crippen LogP contribution in [0.15, 0.2) is 28.7 Å². The molecule has 5 heteroatoms. The molecular formula is C15H19BrN2O2. The van der Waals surface area contributed by atoms with Gasteiger partial charge < -0.3 is 10.4 Å². The summed E-state index contributed by atoms with van der Waals surface area (Å²) in [5.74, 6) is -0.734. The van der Waals surface area contributed by atoms with Crippen molar-refractivity contribution in [2.45, 2.75) is 37.3 Å². The molecule has 2 saturated heterocycles. The van der Waals surface area contributed by atoms with E-state index in [0.717, 1.165) is 36.1 Å². The van der Waals surface area contributed by atoms with Crippen molar-refractivity contribution in [1.29, 1.82) is 0 Å². The summed E-state index contributed by atoms with van der Waals surface area (Å²) >= 11 is 3.50. The van der Waals surface area contributed by atoms with E-state index >= 15 is 0 Å². The van der Waals surface area contributed by atoms with Crippen LogP contribution in [0.1, 0.15) is 25.7 Å². The monoisotopic (exact) mass is 338 g/mol. The molecule has 0 spiro atoms. The topological polar surface area (TPSA) is 52.6 Å². The molecule has 20 heavy (non-hydrogen) atoms. The zero-order valence-electron chi connectivity index (χ0n) is 11.3. The Morgan fingerprint density at radius 2 is 2.15 bits per heavy atom. The van der Waals surface area contributed by atoms with E-state index in [-0.39, 0.29) is 6.04 Å². The standard InChI is InChI=1S/C15H19BrN2O2/c16-11-5-1-2-6-12(11)17-15(14(19)20)8-10-18-9-4-3-7-13(15)18/h1-2,5-6,13,17H,3-4,7-10H2,(H,19,20). The Morgan fingerprint density at radius 3 is 2.90 bits per heavy atom. The molecule has 4 nitrogen and oxygen atoms in total. The third kappa shape index (κ3) is 2.23. The predicted octanol–water partition coefficient (Wildman–Crippen LogP) is 2.94. The smallest absolute Gasteiger partial charge is 0.331 e. The number of anilines is 1. The van der Waals surface area contributed by atoms with Crippen molar-refractivity contribution >= 4 is 27.6 Å². The van der Waals surface area contributed by atoms with Crippen molar-refractivity contribution in [3.05, 3.63) is 28.7 Å². The minimum absolute atomic E-state index is 0.0980. The molecule has 1 aromatic rings. The Kier molecular flexibility index (Phi) is 3.73. The van der Waals surface area contributed by atoms with E-state index in [0.29, 0.717) is 6.42 Å². The van der Waals surface area contributed by atoms with Crippen molar-refractivity contribution in [3.63, 3.8) is 0 Å². The number of hydrogen-bond donors (Lipinski definition) is 2. The second-order valence-electron chi connectivity index (χ2n) is 5.68. The number of benzene rings is 1. The summed E-state index contributed by atoms with van der Waals surface area (Å²) in [6.45, 7) is 1.89. The molecule has 2 aliphatic heterocycles. The quantitative estimate of drug-likeness (QED) is 0.889. The summed E-state index contributed by atoms with van der Waals surface area (Å²) in [5.41, 5.74) is 0.00641.